The van der Waals surface area contributed by atoms with E-state index in [9.17, 15) is 5.11 Å². The van der Waals surface area contributed by atoms with Crippen molar-refractivity contribution in [1.82, 2.24) is 5.32 Å². The Morgan fingerprint density at radius 3 is 2.75 bits per heavy atom. The Labute approximate surface area is 143 Å². The molecule has 1 rings (SSSR count). The monoisotopic (exact) mass is 399 g/mol. The maximum Gasteiger partial charge on any atom is 3.00 e. The van der Waals surface area contributed by atoms with Crippen LogP contribution < -0.4 is 10.4 Å². The van der Waals surface area contributed by atoms with E-state index in [0.717, 1.165) is 24.0 Å². The van der Waals surface area contributed by atoms with Crippen LogP contribution in [0.5, 0.6) is 5.75 Å². The molecule has 0 amide bonds. The van der Waals surface area contributed by atoms with Crippen molar-refractivity contribution >= 4 is 39.5 Å². The fourth-order valence-electron chi connectivity index (χ4n) is 1.23. The fraction of sp³-hybridized carbons (Fsp3) is 0.385. The smallest absolute Gasteiger partial charge is 0.872 e. The van der Waals surface area contributed by atoms with E-state index in [0.29, 0.717) is 12.1 Å². The minimum Gasteiger partial charge on any atom is -0.872 e. The van der Waals surface area contributed by atoms with Crippen LogP contribution in [-0.2, 0) is 16.5 Å². The van der Waals surface area contributed by atoms with Gasteiger partial charge in [0, 0.05) is 17.2 Å². The van der Waals surface area contributed by atoms with Crippen LogP contribution in [0.3, 0.4) is 0 Å². The van der Waals surface area contributed by atoms with Crippen LogP contribution in [0.25, 0.3) is 5.41 Å². The molecular weight excluding hydrogens is 385 g/mol. The van der Waals surface area contributed by atoms with E-state index in [1.807, 2.05) is 0 Å². The van der Waals surface area contributed by atoms with Crippen molar-refractivity contribution in [3.8, 4) is 5.75 Å². The third kappa shape index (κ3) is 11.3. The number of halogens is 1. The Hall–Kier alpha value is -0.576. The standard InChI is InChI=1S/C12H17BrN2O.CNS.Ni/c1-2-5-14-6-7-15-9-10-8-11(13)3-4-12(10)16;2-1-3;/h3-4,8-9,14,16H,2,5-7H2,1H3;;/q;-1;+3/p-1. The number of thiocarbonyl (C=S) groups is 1. The minimum atomic E-state index is 0. The summed E-state index contributed by atoms with van der Waals surface area (Å²) in [4.78, 5) is 4.21. The van der Waals surface area contributed by atoms with Crippen molar-refractivity contribution in [2.24, 2.45) is 4.99 Å². The van der Waals surface area contributed by atoms with Crippen LogP contribution in [0.1, 0.15) is 18.9 Å². The van der Waals surface area contributed by atoms with Crippen LogP contribution in [0.15, 0.2) is 27.7 Å². The van der Waals surface area contributed by atoms with Crippen LogP contribution in [-0.4, -0.2) is 31.0 Å². The molecule has 0 aliphatic heterocycles. The third-order valence-corrected chi connectivity index (χ3v) is 2.54. The summed E-state index contributed by atoms with van der Waals surface area (Å²) in [5.74, 6) is 0.00784. The molecule has 4 nitrogen and oxygen atoms in total. The van der Waals surface area contributed by atoms with E-state index in [-0.39, 0.29) is 22.2 Å². The topological polar surface area (TPSA) is 69.8 Å². The third-order valence-electron chi connectivity index (χ3n) is 2.05. The fourth-order valence-corrected chi connectivity index (χ4v) is 1.61. The molecule has 1 aromatic carbocycles. The molecule has 0 saturated heterocycles. The molecule has 1 N–H and O–H groups in total. The predicted octanol–water partition coefficient (Wildman–Crippen LogP) is 2.60. The van der Waals surface area contributed by atoms with Gasteiger partial charge in [-0.3, -0.25) is 4.99 Å². The number of hydrogen-bond acceptors (Lipinski definition) is 4. The molecular formula is C13H16BrN3NiOS+. The predicted molar refractivity (Wildman–Crippen MR) is 85.2 cm³/mol. The maximum absolute atomic E-state index is 11.4. The quantitative estimate of drug-likeness (QED) is 0.345. The number of nitrogens with zero attached hydrogens (tertiary/aromatic N) is 2. The summed E-state index contributed by atoms with van der Waals surface area (Å²) in [7, 11) is 0. The Bertz CT molecular complexity index is 438. The van der Waals surface area contributed by atoms with Gasteiger partial charge >= 0.3 is 16.5 Å². The van der Waals surface area contributed by atoms with Gasteiger partial charge in [-0.2, -0.15) is 5.16 Å². The van der Waals surface area contributed by atoms with Gasteiger partial charge in [0.05, 0.1) is 6.54 Å². The van der Waals surface area contributed by atoms with Crippen molar-refractivity contribution < 1.29 is 21.6 Å². The van der Waals surface area contributed by atoms with Crippen molar-refractivity contribution in [1.29, 1.82) is 0 Å². The molecule has 0 aromatic heterocycles. The Morgan fingerprint density at radius 1 is 1.50 bits per heavy atom. The molecule has 0 fully saturated rings. The van der Waals surface area contributed by atoms with Gasteiger partial charge in [-0.1, -0.05) is 46.9 Å². The maximum atomic E-state index is 11.4. The van der Waals surface area contributed by atoms with E-state index in [4.69, 9.17) is 5.41 Å². The molecule has 0 aliphatic carbocycles. The largest absolute Gasteiger partial charge is 3.00 e. The van der Waals surface area contributed by atoms with Crippen molar-refractivity contribution in [2.75, 3.05) is 19.6 Å². The second kappa shape index (κ2) is 14.8. The number of aliphatic imine (C=N–C) groups is 1. The van der Waals surface area contributed by atoms with Gasteiger partial charge in [-0.05, 0) is 30.7 Å². The zero-order valence-electron chi connectivity index (χ0n) is 11.0. The van der Waals surface area contributed by atoms with Gasteiger partial charge in [-0.15, -0.1) is 0 Å². The summed E-state index contributed by atoms with van der Waals surface area (Å²) < 4.78 is 0.901. The number of nitrogens with one attached hydrogen (secondary N) is 1. The SMILES string of the molecule is CCCNCCN=Cc1cc(Br)ccc1[O-].[N-]=C=S.[Ni+3]. The van der Waals surface area contributed by atoms with Gasteiger partial charge in [0.15, 0.2) is 0 Å². The van der Waals surface area contributed by atoms with Gasteiger partial charge < -0.3 is 15.8 Å². The van der Waals surface area contributed by atoms with E-state index in [2.05, 4.69) is 45.4 Å². The van der Waals surface area contributed by atoms with Gasteiger partial charge in [0.25, 0.3) is 0 Å². The summed E-state index contributed by atoms with van der Waals surface area (Å²) in [6.45, 7) is 4.69. The molecule has 0 heterocycles. The number of rotatable bonds is 6. The summed E-state index contributed by atoms with van der Waals surface area (Å²) in [5, 5.41) is 23.1. The van der Waals surface area contributed by atoms with Crippen molar-refractivity contribution in [2.45, 2.75) is 13.3 Å². The van der Waals surface area contributed by atoms with Crippen LogP contribution in [0, 0.1) is 0 Å². The first-order valence-electron chi connectivity index (χ1n) is 5.84. The number of isothiocyanates is 1. The van der Waals surface area contributed by atoms with Gasteiger partial charge in [0.2, 0.25) is 0 Å². The first-order valence-corrected chi connectivity index (χ1v) is 7.04. The molecule has 1 radical (unpaired) electrons. The zero-order valence-corrected chi connectivity index (χ0v) is 14.4. The molecule has 0 bridgehead atoms. The molecule has 0 spiro atoms. The molecule has 0 unspecified atom stereocenters. The molecule has 111 valence electrons. The Kier molecular flexibility index (Phi) is 16.1. The van der Waals surface area contributed by atoms with Crippen LogP contribution >= 0.6 is 28.1 Å². The van der Waals surface area contributed by atoms with Crippen LogP contribution in [0.2, 0.25) is 0 Å². The number of benzene rings is 1. The molecule has 0 saturated carbocycles. The molecule has 0 aliphatic rings. The van der Waals surface area contributed by atoms with Crippen molar-refractivity contribution in [3.63, 3.8) is 0 Å². The zero-order chi connectivity index (χ0) is 14.5. The second-order valence-electron chi connectivity index (χ2n) is 3.56. The average Bonchev–Trinajstić information content (AvgIpc) is 2.38. The van der Waals surface area contributed by atoms with E-state index in [1.54, 1.807) is 24.4 Å². The van der Waals surface area contributed by atoms with E-state index >= 15 is 0 Å². The van der Waals surface area contributed by atoms with Crippen LogP contribution in [0.4, 0.5) is 0 Å². The van der Waals surface area contributed by atoms with Gasteiger partial charge in [0.1, 0.15) is 0 Å². The Morgan fingerprint density at radius 2 is 2.15 bits per heavy atom. The molecule has 20 heavy (non-hydrogen) atoms. The average molecular weight is 401 g/mol. The van der Waals surface area contributed by atoms with E-state index < -0.39 is 0 Å². The normalized spacial score (nSPS) is 9.30. The summed E-state index contributed by atoms with van der Waals surface area (Å²) in [6, 6.07) is 5.06. The van der Waals surface area contributed by atoms with E-state index in [1.165, 1.54) is 5.16 Å². The first-order chi connectivity index (χ1) is 9.15. The minimum absolute atomic E-state index is 0. The molecule has 0 atom stereocenters. The van der Waals surface area contributed by atoms with Gasteiger partial charge in [-0.25, -0.2) is 0 Å². The molecule has 7 heteroatoms. The second-order valence-corrected chi connectivity index (χ2v) is 4.66. The summed E-state index contributed by atoms with van der Waals surface area (Å²) in [6.07, 6.45) is 2.76. The summed E-state index contributed by atoms with van der Waals surface area (Å²) in [5.41, 5.74) is 0.630. The number of hydrogen-bond donors (Lipinski definition) is 1. The Balaban J connectivity index is 0. The first kappa shape index (κ1) is 21.7. The molecule has 1 aromatic rings. The summed E-state index contributed by atoms with van der Waals surface area (Å²) >= 11 is 7.03. The van der Waals surface area contributed by atoms with Crippen molar-refractivity contribution in [3.05, 3.63) is 33.6 Å².